The summed E-state index contributed by atoms with van der Waals surface area (Å²) < 4.78 is 1.01. The van der Waals surface area contributed by atoms with Crippen molar-refractivity contribution in [2.24, 2.45) is 11.8 Å². The fourth-order valence-corrected chi connectivity index (χ4v) is 3.56. The predicted octanol–water partition coefficient (Wildman–Crippen LogP) is 4.81. The minimum Gasteiger partial charge on any atom is -0.344 e. The molecule has 0 heterocycles. The summed E-state index contributed by atoms with van der Waals surface area (Å²) in [5.74, 6) is 0.285. The highest BCUT2D eigenvalue weighted by molar-refractivity contribution is 9.10. The van der Waals surface area contributed by atoms with E-state index in [9.17, 15) is 9.59 Å². The van der Waals surface area contributed by atoms with Gasteiger partial charge in [-0.25, -0.2) is 0 Å². The van der Waals surface area contributed by atoms with Crippen LogP contribution in [0.3, 0.4) is 0 Å². The molecule has 2 rings (SSSR count). The van der Waals surface area contributed by atoms with E-state index in [2.05, 4.69) is 40.4 Å². The highest BCUT2D eigenvalue weighted by Gasteiger charge is 2.27. The fraction of sp³-hybridized carbons (Fsp3) is 0.600. The number of nitrogens with one attached hydrogen (secondary N) is 2. The Morgan fingerprint density at radius 3 is 2.48 bits per heavy atom. The van der Waals surface area contributed by atoms with E-state index in [1.807, 2.05) is 25.1 Å². The van der Waals surface area contributed by atoms with Gasteiger partial charge in [-0.3, -0.25) is 9.59 Å². The van der Waals surface area contributed by atoms with E-state index in [0.29, 0.717) is 12.3 Å². The Hall–Kier alpha value is -1.36. The summed E-state index contributed by atoms with van der Waals surface area (Å²) in [6, 6.07) is 5.23. The Morgan fingerprint density at radius 1 is 1.20 bits per heavy atom. The number of hydrogen-bond acceptors (Lipinski definition) is 2. The molecule has 1 fully saturated rings. The molecule has 0 unspecified atom stereocenters. The van der Waals surface area contributed by atoms with Crippen LogP contribution < -0.4 is 10.6 Å². The highest BCUT2D eigenvalue weighted by atomic mass is 79.9. The summed E-state index contributed by atoms with van der Waals surface area (Å²) in [4.78, 5) is 25.3. The molecule has 1 aromatic carbocycles. The van der Waals surface area contributed by atoms with E-state index in [1.165, 1.54) is 6.42 Å². The Morgan fingerprint density at radius 2 is 1.88 bits per heavy atom. The number of carbonyl (C=O) groups is 2. The fourth-order valence-electron chi connectivity index (χ4n) is 3.31. The number of amides is 2. The van der Waals surface area contributed by atoms with Crippen LogP contribution in [0.2, 0.25) is 0 Å². The Labute approximate surface area is 159 Å². The number of rotatable bonds is 6. The van der Waals surface area contributed by atoms with Crippen molar-refractivity contribution in [3.63, 3.8) is 0 Å². The first-order chi connectivity index (χ1) is 11.9. The van der Waals surface area contributed by atoms with Crippen LogP contribution in [0, 0.1) is 18.8 Å². The lowest BCUT2D eigenvalue weighted by atomic mass is 9.88. The lowest BCUT2D eigenvalue weighted by Crippen LogP contribution is -2.47. The zero-order valence-electron chi connectivity index (χ0n) is 15.4. The summed E-state index contributed by atoms with van der Waals surface area (Å²) in [6.07, 6.45) is 5.94. The van der Waals surface area contributed by atoms with Gasteiger partial charge in [0, 0.05) is 16.1 Å². The highest BCUT2D eigenvalue weighted by Crippen LogP contribution is 2.24. The first kappa shape index (κ1) is 20.0. The Bertz CT molecular complexity index is 610. The van der Waals surface area contributed by atoms with Gasteiger partial charge in [-0.2, -0.15) is 0 Å². The average Bonchev–Trinajstić information content (AvgIpc) is 2.58. The van der Waals surface area contributed by atoms with Gasteiger partial charge in [0.15, 0.2) is 0 Å². The number of anilines is 1. The largest absolute Gasteiger partial charge is 0.344 e. The molecule has 1 aliphatic rings. The molecule has 1 aliphatic carbocycles. The molecule has 1 aromatic rings. The van der Waals surface area contributed by atoms with Gasteiger partial charge < -0.3 is 10.6 Å². The molecule has 2 N–H and O–H groups in total. The zero-order valence-corrected chi connectivity index (χ0v) is 17.0. The van der Waals surface area contributed by atoms with E-state index in [-0.39, 0.29) is 17.7 Å². The predicted molar refractivity (Wildman–Crippen MR) is 105 cm³/mol. The van der Waals surface area contributed by atoms with Crippen molar-refractivity contribution >= 4 is 33.4 Å². The second kappa shape index (κ2) is 9.37. The monoisotopic (exact) mass is 408 g/mol. The smallest absolute Gasteiger partial charge is 0.246 e. The third kappa shape index (κ3) is 6.14. The molecule has 1 saturated carbocycles. The van der Waals surface area contributed by atoms with Crippen molar-refractivity contribution in [1.29, 1.82) is 0 Å². The number of halogens is 1. The second-order valence-corrected chi connectivity index (χ2v) is 8.33. The first-order valence-corrected chi connectivity index (χ1v) is 10.0. The van der Waals surface area contributed by atoms with Crippen LogP contribution in [-0.4, -0.2) is 17.9 Å². The van der Waals surface area contributed by atoms with Crippen LogP contribution in [-0.2, 0) is 9.59 Å². The third-order valence-corrected chi connectivity index (χ3v) is 5.63. The van der Waals surface area contributed by atoms with Crippen molar-refractivity contribution in [1.82, 2.24) is 5.32 Å². The van der Waals surface area contributed by atoms with Gasteiger partial charge in [-0.15, -0.1) is 0 Å². The maximum Gasteiger partial charge on any atom is 0.246 e. The van der Waals surface area contributed by atoms with E-state index < -0.39 is 6.04 Å². The van der Waals surface area contributed by atoms with E-state index in [4.69, 9.17) is 0 Å². The van der Waals surface area contributed by atoms with Gasteiger partial charge in [0.2, 0.25) is 11.8 Å². The summed E-state index contributed by atoms with van der Waals surface area (Å²) in [6.45, 7) is 6.11. The average molecular weight is 409 g/mol. The van der Waals surface area contributed by atoms with Crippen molar-refractivity contribution < 1.29 is 9.59 Å². The quantitative estimate of drug-likeness (QED) is 0.709. The number of carbonyl (C=O) groups excluding carboxylic acids is 2. The molecular weight excluding hydrogens is 380 g/mol. The topological polar surface area (TPSA) is 58.2 Å². The molecule has 25 heavy (non-hydrogen) atoms. The lowest BCUT2D eigenvalue weighted by Gasteiger charge is -2.25. The van der Waals surface area contributed by atoms with E-state index >= 15 is 0 Å². The van der Waals surface area contributed by atoms with Crippen LogP contribution >= 0.6 is 15.9 Å². The summed E-state index contributed by atoms with van der Waals surface area (Å²) in [5.41, 5.74) is 1.82. The van der Waals surface area contributed by atoms with Crippen molar-refractivity contribution in [2.75, 3.05) is 5.32 Å². The maximum atomic E-state index is 12.7. The van der Waals surface area contributed by atoms with Crippen molar-refractivity contribution in [3.05, 3.63) is 28.2 Å². The van der Waals surface area contributed by atoms with Gasteiger partial charge in [0.1, 0.15) is 6.04 Å². The third-order valence-electron chi connectivity index (χ3n) is 4.74. The molecule has 1 atom stereocenters. The molecule has 0 saturated heterocycles. The molecule has 0 radical (unpaired) electrons. The molecule has 5 heteroatoms. The van der Waals surface area contributed by atoms with Gasteiger partial charge in [-0.05, 0) is 55.9 Å². The van der Waals surface area contributed by atoms with Crippen LogP contribution in [0.25, 0.3) is 0 Å². The van der Waals surface area contributed by atoms with Crippen LogP contribution in [0.1, 0.15) is 57.9 Å². The summed E-state index contributed by atoms with van der Waals surface area (Å²) in [7, 11) is 0. The van der Waals surface area contributed by atoms with Gasteiger partial charge in [0.25, 0.3) is 0 Å². The Kier molecular flexibility index (Phi) is 7.48. The van der Waals surface area contributed by atoms with E-state index in [1.54, 1.807) is 0 Å². The SMILES string of the molecule is Cc1cc(NC(=O)[C@H](CC(C)C)NC(=O)C2CCCCC2)ccc1Br. The van der Waals surface area contributed by atoms with Gasteiger partial charge in [0.05, 0.1) is 0 Å². The standard InChI is InChI=1S/C20H29BrN2O2/c1-13(2)11-18(23-19(24)15-7-5-4-6-8-15)20(25)22-16-9-10-17(21)14(3)12-16/h9-10,12-13,15,18H,4-8,11H2,1-3H3,(H,22,25)(H,23,24)/t18-/m0/s1. The molecular formula is C20H29BrN2O2. The molecule has 0 bridgehead atoms. The van der Waals surface area contributed by atoms with Gasteiger partial charge in [-0.1, -0.05) is 49.0 Å². The first-order valence-electron chi connectivity index (χ1n) is 9.24. The minimum absolute atomic E-state index is 0.0347. The molecule has 4 nitrogen and oxygen atoms in total. The number of benzene rings is 1. The zero-order chi connectivity index (χ0) is 18.4. The van der Waals surface area contributed by atoms with Crippen LogP contribution in [0.5, 0.6) is 0 Å². The number of aryl methyl sites for hydroxylation is 1. The molecule has 0 spiro atoms. The van der Waals surface area contributed by atoms with Gasteiger partial charge >= 0.3 is 0 Å². The second-order valence-electron chi connectivity index (χ2n) is 7.48. The molecule has 138 valence electrons. The molecule has 0 aliphatic heterocycles. The Balaban J connectivity index is 2.02. The van der Waals surface area contributed by atoms with Crippen molar-refractivity contribution in [2.45, 2.75) is 65.3 Å². The summed E-state index contributed by atoms with van der Waals surface area (Å²) in [5, 5.41) is 5.95. The van der Waals surface area contributed by atoms with Crippen LogP contribution in [0.15, 0.2) is 22.7 Å². The summed E-state index contributed by atoms with van der Waals surface area (Å²) >= 11 is 3.46. The van der Waals surface area contributed by atoms with Crippen LogP contribution in [0.4, 0.5) is 5.69 Å². The minimum atomic E-state index is -0.488. The molecule has 0 aromatic heterocycles. The normalized spacial score (nSPS) is 16.5. The maximum absolute atomic E-state index is 12.7. The lowest BCUT2D eigenvalue weighted by molar-refractivity contribution is -0.130. The van der Waals surface area contributed by atoms with Crippen molar-refractivity contribution in [3.8, 4) is 0 Å². The number of hydrogen-bond donors (Lipinski definition) is 2. The van der Waals surface area contributed by atoms with E-state index in [0.717, 1.165) is 41.4 Å². The molecule has 2 amide bonds.